The van der Waals surface area contributed by atoms with Crippen LogP contribution in [0.2, 0.25) is 0 Å². The van der Waals surface area contributed by atoms with Crippen LogP contribution in [0.1, 0.15) is 25.8 Å². The number of carbonyl (C=O) groups is 2. The lowest BCUT2D eigenvalue weighted by molar-refractivity contribution is -0.135. The van der Waals surface area contributed by atoms with Gasteiger partial charge in [-0.25, -0.2) is 0 Å². The largest absolute Gasteiger partial charge is 0.495 e. The van der Waals surface area contributed by atoms with Crippen molar-refractivity contribution in [2.24, 2.45) is 5.92 Å². The maximum atomic E-state index is 12.7. The highest BCUT2D eigenvalue weighted by atomic mass is 16.5. The van der Waals surface area contributed by atoms with Crippen LogP contribution < -0.4 is 9.64 Å². The average Bonchev–Trinajstić information content (AvgIpc) is 2.93. The van der Waals surface area contributed by atoms with Gasteiger partial charge in [0.2, 0.25) is 11.8 Å². The van der Waals surface area contributed by atoms with Crippen LogP contribution in [-0.2, 0) is 9.59 Å². The number of likely N-dealkylation sites (N-methyl/N-ethyl adjacent to an activating group) is 1. The van der Waals surface area contributed by atoms with E-state index in [1.807, 2.05) is 39.0 Å². The second-order valence-electron chi connectivity index (χ2n) is 6.39. The number of hydrogen-bond acceptors (Lipinski definition) is 3. The Morgan fingerprint density at radius 2 is 2.17 bits per heavy atom. The van der Waals surface area contributed by atoms with Crippen molar-refractivity contribution >= 4 is 17.5 Å². The molecular formula is C19H26N2O3. The van der Waals surface area contributed by atoms with Gasteiger partial charge in [-0.2, -0.15) is 0 Å². The minimum Gasteiger partial charge on any atom is -0.495 e. The maximum absolute atomic E-state index is 12.7. The number of aryl methyl sites for hydroxylation is 1. The molecule has 1 unspecified atom stereocenters. The molecule has 0 aliphatic carbocycles. The first kappa shape index (κ1) is 18.0. The van der Waals surface area contributed by atoms with Gasteiger partial charge < -0.3 is 14.5 Å². The molecule has 1 aliphatic heterocycles. The van der Waals surface area contributed by atoms with Gasteiger partial charge in [0.15, 0.2) is 0 Å². The topological polar surface area (TPSA) is 49.9 Å². The molecule has 130 valence electrons. The fraction of sp³-hybridized carbons (Fsp3) is 0.474. The highest BCUT2D eigenvalue weighted by molar-refractivity contribution is 6.01. The molecule has 24 heavy (non-hydrogen) atoms. The molecule has 1 saturated heterocycles. The molecular weight excluding hydrogens is 304 g/mol. The van der Waals surface area contributed by atoms with E-state index in [1.165, 1.54) is 0 Å². The molecule has 1 aromatic carbocycles. The summed E-state index contributed by atoms with van der Waals surface area (Å²) >= 11 is 0. The SMILES string of the molecule is C=C(C)CN(CC)C(=O)C1CC(=O)N(c2cc(C)ccc2OC)C1. The van der Waals surface area contributed by atoms with Crippen molar-refractivity contribution in [2.45, 2.75) is 27.2 Å². The van der Waals surface area contributed by atoms with E-state index in [9.17, 15) is 9.59 Å². The number of carbonyl (C=O) groups excluding carboxylic acids is 2. The zero-order valence-electron chi connectivity index (χ0n) is 15.0. The Kier molecular flexibility index (Phi) is 5.65. The Balaban J connectivity index is 2.20. The predicted molar refractivity (Wildman–Crippen MR) is 95.3 cm³/mol. The Morgan fingerprint density at radius 1 is 1.46 bits per heavy atom. The summed E-state index contributed by atoms with van der Waals surface area (Å²) in [6.07, 6.45) is 0.239. The predicted octanol–water partition coefficient (Wildman–Crippen LogP) is 2.78. The minimum absolute atomic E-state index is 0.0166. The number of rotatable bonds is 6. The van der Waals surface area contributed by atoms with Gasteiger partial charge in [0.1, 0.15) is 5.75 Å². The van der Waals surface area contributed by atoms with E-state index in [0.29, 0.717) is 25.4 Å². The van der Waals surface area contributed by atoms with Crippen molar-refractivity contribution in [1.29, 1.82) is 0 Å². The number of ether oxygens (including phenoxy) is 1. The van der Waals surface area contributed by atoms with Gasteiger partial charge >= 0.3 is 0 Å². The lowest BCUT2D eigenvalue weighted by Gasteiger charge is -2.25. The number of anilines is 1. The number of methoxy groups -OCH3 is 1. The van der Waals surface area contributed by atoms with Crippen LogP contribution in [0.3, 0.4) is 0 Å². The third-order valence-corrected chi connectivity index (χ3v) is 4.25. The van der Waals surface area contributed by atoms with Crippen LogP contribution in [0.25, 0.3) is 0 Å². The first-order valence-corrected chi connectivity index (χ1v) is 8.25. The summed E-state index contributed by atoms with van der Waals surface area (Å²) in [6, 6.07) is 5.72. The number of benzene rings is 1. The molecule has 2 amide bonds. The molecule has 1 aliphatic rings. The van der Waals surface area contributed by atoms with Crippen molar-refractivity contribution in [3.05, 3.63) is 35.9 Å². The summed E-state index contributed by atoms with van der Waals surface area (Å²) in [5.41, 5.74) is 2.72. The van der Waals surface area contributed by atoms with Crippen LogP contribution in [0.4, 0.5) is 5.69 Å². The van der Waals surface area contributed by atoms with E-state index in [4.69, 9.17) is 4.74 Å². The van der Waals surface area contributed by atoms with Crippen LogP contribution in [-0.4, -0.2) is 43.5 Å². The third-order valence-electron chi connectivity index (χ3n) is 4.25. The molecule has 0 aromatic heterocycles. The fourth-order valence-electron chi connectivity index (χ4n) is 3.05. The van der Waals surface area contributed by atoms with E-state index < -0.39 is 0 Å². The Bertz CT molecular complexity index is 654. The van der Waals surface area contributed by atoms with Gasteiger partial charge in [0.25, 0.3) is 0 Å². The second-order valence-corrected chi connectivity index (χ2v) is 6.39. The Labute approximate surface area is 143 Å². The van der Waals surface area contributed by atoms with E-state index in [-0.39, 0.29) is 24.2 Å². The molecule has 5 heteroatoms. The summed E-state index contributed by atoms with van der Waals surface area (Å²) in [4.78, 5) is 28.6. The molecule has 0 radical (unpaired) electrons. The van der Waals surface area contributed by atoms with Crippen molar-refractivity contribution in [1.82, 2.24) is 4.90 Å². The molecule has 2 rings (SSSR count). The van der Waals surface area contributed by atoms with Gasteiger partial charge in [0.05, 0.1) is 18.7 Å². The highest BCUT2D eigenvalue weighted by Gasteiger charge is 2.37. The summed E-state index contributed by atoms with van der Waals surface area (Å²) in [6.45, 7) is 11.2. The Morgan fingerprint density at radius 3 is 2.75 bits per heavy atom. The van der Waals surface area contributed by atoms with Crippen LogP contribution in [0.15, 0.2) is 30.4 Å². The summed E-state index contributed by atoms with van der Waals surface area (Å²) in [5, 5.41) is 0. The molecule has 0 N–H and O–H groups in total. The van der Waals surface area contributed by atoms with E-state index in [0.717, 1.165) is 16.8 Å². The van der Waals surface area contributed by atoms with Gasteiger partial charge in [-0.05, 0) is 38.5 Å². The normalized spacial score (nSPS) is 17.1. The molecule has 0 saturated carbocycles. The average molecular weight is 330 g/mol. The van der Waals surface area contributed by atoms with E-state index >= 15 is 0 Å². The molecule has 5 nitrogen and oxygen atoms in total. The van der Waals surface area contributed by atoms with Crippen molar-refractivity contribution in [3.63, 3.8) is 0 Å². The molecule has 1 heterocycles. The Hall–Kier alpha value is -2.30. The lowest BCUT2D eigenvalue weighted by Crippen LogP contribution is -2.38. The van der Waals surface area contributed by atoms with Gasteiger partial charge in [0, 0.05) is 26.1 Å². The molecule has 1 atom stereocenters. The van der Waals surface area contributed by atoms with E-state index in [2.05, 4.69) is 6.58 Å². The van der Waals surface area contributed by atoms with Gasteiger partial charge in [-0.3, -0.25) is 9.59 Å². The fourth-order valence-corrected chi connectivity index (χ4v) is 3.05. The van der Waals surface area contributed by atoms with E-state index in [1.54, 1.807) is 16.9 Å². The van der Waals surface area contributed by atoms with Crippen LogP contribution >= 0.6 is 0 Å². The smallest absolute Gasteiger partial charge is 0.228 e. The number of hydrogen-bond donors (Lipinski definition) is 0. The molecule has 1 fully saturated rings. The van der Waals surface area contributed by atoms with Crippen LogP contribution in [0.5, 0.6) is 5.75 Å². The minimum atomic E-state index is -0.318. The second kappa shape index (κ2) is 7.51. The first-order valence-electron chi connectivity index (χ1n) is 8.25. The maximum Gasteiger partial charge on any atom is 0.228 e. The van der Waals surface area contributed by atoms with Crippen molar-refractivity contribution in [2.75, 3.05) is 31.6 Å². The zero-order valence-corrected chi connectivity index (χ0v) is 15.0. The summed E-state index contributed by atoms with van der Waals surface area (Å²) in [5.74, 6) is 0.310. The highest BCUT2D eigenvalue weighted by Crippen LogP contribution is 2.34. The molecule has 0 spiro atoms. The number of nitrogens with zero attached hydrogens (tertiary/aromatic N) is 2. The monoisotopic (exact) mass is 330 g/mol. The van der Waals surface area contributed by atoms with Crippen molar-refractivity contribution < 1.29 is 14.3 Å². The molecule has 0 bridgehead atoms. The number of amides is 2. The standard InChI is InChI=1S/C19H26N2O3/c1-6-20(11-13(2)3)19(23)15-10-18(22)21(12-15)16-9-14(4)7-8-17(16)24-5/h7-9,15H,2,6,10-12H2,1,3-5H3. The quantitative estimate of drug-likeness (QED) is 0.754. The third kappa shape index (κ3) is 3.78. The zero-order chi connectivity index (χ0) is 17.9. The van der Waals surface area contributed by atoms with Gasteiger partial charge in [-0.1, -0.05) is 18.2 Å². The van der Waals surface area contributed by atoms with Crippen molar-refractivity contribution in [3.8, 4) is 5.75 Å². The first-order chi connectivity index (χ1) is 11.4. The van der Waals surface area contributed by atoms with Gasteiger partial charge in [-0.15, -0.1) is 0 Å². The summed E-state index contributed by atoms with van der Waals surface area (Å²) < 4.78 is 5.38. The van der Waals surface area contributed by atoms with Crippen LogP contribution in [0, 0.1) is 12.8 Å². The summed E-state index contributed by atoms with van der Waals surface area (Å²) in [7, 11) is 1.59. The lowest BCUT2D eigenvalue weighted by atomic mass is 10.1. The molecule has 1 aromatic rings.